The third-order valence-corrected chi connectivity index (χ3v) is 4.21. The highest BCUT2D eigenvalue weighted by atomic mass is 16.3. The molecule has 0 spiro atoms. The molecule has 1 unspecified atom stereocenters. The van der Waals surface area contributed by atoms with Gasteiger partial charge in [0.2, 0.25) is 0 Å². The maximum atomic E-state index is 10.1. The van der Waals surface area contributed by atoms with Gasteiger partial charge in [-0.1, -0.05) is 37.3 Å². The minimum absolute atomic E-state index is 0.394. The summed E-state index contributed by atoms with van der Waals surface area (Å²) >= 11 is 0. The van der Waals surface area contributed by atoms with Gasteiger partial charge >= 0.3 is 0 Å². The standard InChI is InChI=1S/C17H21NO/c1-12(13-6-7-13)10-18-11-16-15-5-3-2-4-14(15)8-9-17(16)19/h2-5,8-9,12-13,18-19H,6-7,10-11H2,1H3. The van der Waals surface area contributed by atoms with Crippen molar-refractivity contribution in [1.82, 2.24) is 5.32 Å². The van der Waals surface area contributed by atoms with E-state index in [0.29, 0.717) is 5.75 Å². The smallest absolute Gasteiger partial charge is 0.120 e. The van der Waals surface area contributed by atoms with Crippen molar-refractivity contribution in [3.05, 3.63) is 42.0 Å². The van der Waals surface area contributed by atoms with Crippen molar-refractivity contribution in [1.29, 1.82) is 0 Å². The lowest BCUT2D eigenvalue weighted by Gasteiger charge is -2.13. The Labute approximate surface area is 114 Å². The Balaban J connectivity index is 1.74. The first kappa shape index (κ1) is 12.5. The summed E-state index contributed by atoms with van der Waals surface area (Å²) in [5.41, 5.74) is 1.01. The van der Waals surface area contributed by atoms with E-state index < -0.39 is 0 Å². The van der Waals surface area contributed by atoms with E-state index in [0.717, 1.165) is 35.9 Å². The van der Waals surface area contributed by atoms with Crippen molar-refractivity contribution in [2.75, 3.05) is 6.54 Å². The Bertz CT molecular complexity index is 574. The SMILES string of the molecule is CC(CNCc1c(O)ccc2ccccc12)C1CC1. The van der Waals surface area contributed by atoms with E-state index in [9.17, 15) is 5.11 Å². The molecule has 2 aromatic rings. The van der Waals surface area contributed by atoms with Gasteiger partial charge in [0.25, 0.3) is 0 Å². The second kappa shape index (κ2) is 5.22. The zero-order valence-corrected chi connectivity index (χ0v) is 11.4. The third kappa shape index (κ3) is 2.74. The van der Waals surface area contributed by atoms with Gasteiger partial charge in [-0.15, -0.1) is 0 Å². The topological polar surface area (TPSA) is 32.3 Å². The number of nitrogens with one attached hydrogen (secondary N) is 1. The highest BCUT2D eigenvalue weighted by molar-refractivity contribution is 5.87. The minimum atomic E-state index is 0.394. The van der Waals surface area contributed by atoms with Gasteiger partial charge in [-0.2, -0.15) is 0 Å². The Morgan fingerprint density at radius 2 is 2.00 bits per heavy atom. The monoisotopic (exact) mass is 255 g/mol. The molecule has 0 saturated heterocycles. The summed E-state index contributed by atoms with van der Waals surface area (Å²) < 4.78 is 0. The highest BCUT2D eigenvalue weighted by Crippen LogP contribution is 2.36. The van der Waals surface area contributed by atoms with Crippen LogP contribution in [-0.4, -0.2) is 11.7 Å². The van der Waals surface area contributed by atoms with E-state index in [1.807, 2.05) is 18.2 Å². The molecule has 2 nitrogen and oxygen atoms in total. The Hall–Kier alpha value is -1.54. The average molecular weight is 255 g/mol. The van der Waals surface area contributed by atoms with Crippen LogP contribution < -0.4 is 5.32 Å². The van der Waals surface area contributed by atoms with Gasteiger partial charge in [0, 0.05) is 12.1 Å². The van der Waals surface area contributed by atoms with Crippen LogP contribution in [0.1, 0.15) is 25.3 Å². The number of phenols is 1. The largest absolute Gasteiger partial charge is 0.508 e. The Morgan fingerprint density at radius 1 is 1.21 bits per heavy atom. The molecular formula is C17H21NO. The van der Waals surface area contributed by atoms with Crippen LogP contribution in [0.4, 0.5) is 0 Å². The molecule has 1 fully saturated rings. The predicted octanol–water partition coefficient (Wildman–Crippen LogP) is 3.68. The molecule has 0 aliphatic heterocycles. The van der Waals surface area contributed by atoms with Gasteiger partial charge < -0.3 is 10.4 Å². The van der Waals surface area contributed by atoms with E-state index in [4.69, 9.17) is 0 Å². The maximum Gasteiger partial charge on any atom is 0.120 e. The summed E-state index contributed by atoms with van der Waals surface area (Å²) in [6.45, 7) is 4.09. The number of phenolic OH excluding ortho intramolecular Hbond substituents is 1. The lowest BCUT2D eigenvalue weighted by atomic mass is 10.0. The lowest BCUT2D eigenvalue weighted by Crippen LogP contribution is -2.22. The number of benzene rings is 2. The maximum absolute atomic E-state index is 10.1. The van der Waals surface area contributed by atoms with Crippen molar-refractivity contribution in [2.24, 2.45) is 11.8 Å². The highest BCUT2D eigenvalue weighted by Gasteiger charge is 2.27. The zero-order valence-electron chi connectivity index (χ0n) is 11.4. The summed E-state index contributed by atoms with van der Waals surface area (Å²) in [6, 6.07) is 12.0. The molecule has 0 amide bonds. The van der Waals surface area contributed by atoms with Crippen LogP contribution in [0, 0.1) is 11.8 Å². The van der Waals surface area contributed by atoms with Gasteiger partial charge in [0.1, 0.15) is 5.75 Å². The van der Waals surface area contributed by atoms with Gasteiger partial charge in [0.15, 0.2) is 0 Å². The number of hydrogen-bond donors (Lipinski definition) is 2. The molecule has 2 aromatic carbocycles. The van der Waals surface area contributed by atoms with Crippen molar-refractivity contribution < 1.29 is 5.11 Å². The molecule has 1 atom stereocenters. The quantitative estimate of drug-likeness (QED) is 0.854. The molecule has 1 saturated carbocycles. The summed E-state index contributed by atoms with van der Waals surface area (Å²) in [7, 11) is 0. The molecule has 0 heterocycles. The molecule has 0 aromatic heterocycles. The molecule has 2 heteroatoms. The number of aromatic hydroxyl groups is 1. The predicted molar refractivity (Wildman–Crippen MR) is 79.2 cm³/mol. The van der Waals surface area contributed by atoms with Gasteiger partial charge in [-0.25, -0.2) is 0 Å². The zero-order chi connectivity index (χ0) is 13.2. The second-order valence-corrected chi connectivity index (χ2v) is 5.73. The van der Waals surface area contributed by atoms with Crippen LogP contribution in [0.25, 0.3) is 10.8 Å². The molecule has 0 radical (unpaired) electrons. The second-order valence-electron chi connectivity index (χ2n) is 5.73. The fraction of sp³-hybridized carbons (Fsp3) is 0.412. The molecule has 19 heavy (non-hydrogen) atoms. The first-order valence-electron chi connectivity index (χ1n) is 7.16. The molecule has 0 bridgehead atoms. The van der Waals surface area contributed by atoms with E-state index in [2.05, 4.69) is 24.4 Å². The average Bonchev–Trinajstić information content (AvgIpc) is 3.25. The van der Waals surface area contributed by atoms with Crippen molar-refractivity contribution in [2.45, 2.75) is 26.3 Å². The van der Waals surface area contributed by atoms with Crippen LogP contribution in [0.2, 0.25) is 0 Å². The van der Waals surface area contributed by atoms with Crippen molar-refractivity contribution >= 4 is 10.8 Å². The molecule has 3 rings (SSSR count). The lowest BCUT2D eigenvalue weighted by molar-refractivity contribution is 0.445. The summed E-state index contributed by atoms with van der Waals surface area (Å²) in [6.07, 6.45) is 2.78. The van der Waals surface area contributed by atoms with Crippen LogP contribution in [0.5, 0.6) is 5.75 Å². The summed E-state index contributed by atoms with van der Waals surface area (Å²) in [5.74, 6) is 2.07. The summed E-state index contributed by atoms with van der Waals surface area (Å²) in [5, 5.41) is 15.9. The van der Waals surface area contributed by atoms with Crippen molar-refractivity contribution in [3.8, 4) is 5.75 Å². The van der Waals surface area contributed by atoms with Crippen molar-refractivity contribution in [3.63, 3.8) is 0 Å². The number of hydrogen-bond acceptors (Lipinski definition) is 2. The minimum Gasteiger partial charge on any atom is -0.508 e. The normalized spacial score (nSPS) is 16.7. The van der Waals surface area contributed by atoms with E-state index in [1.54, 1.807) is 6.07 Å². The number of rotatable bonds is 5. The molecule has 1 aliphatic rings. The summed E-state index contributed by atoms with van der Waals surface area (Å²) in [4.78, 5) is 0. The molecule has 1 aliphatic carbocycles. The van der Waals surface area contributed by atoms with Gasteiger partial charge in [0.05, 0.1) is 0 Å². The van der Waals surface area contributed by atoms with E-state index >= 15 is 0 Å². The molecule has 100 valence electrons. The molecule has 2 N–H and O–H groups in total. The fourth-order valence-electron chi connectivity index (χ4n) is 2.77. The number of fused-ring (bicyclic) bond motifs is 1. The van der Waals surface area contributed by atoms with Crippen LogP contribution >= 0.6 is 0 Å². The van der Waals surface area contributed by atoms with Crippen LogP contribution in [0.3, 0.4) is 0 Å². The third-order valence-electron chi connectivity index (χ3n) is 4.21. The Morgan fingerprint density at radius 3 is 2.79 bits per heavy atom. The Kier molecular flexibility index (Phi) is 3.43. The van der Waals surface area contributed by atoms with Gasteiger partial charge in [-0.05, 0) is 48.1 Å². The van der Waals surface area contributed by atoms with E-state index in [1.165, 1.54) is 18.2 Å². The van der Waals surface area contributed by atoms with E-state index in [-0.39, 0.29) is 0 Å². The fourth-order valence-corrected chi connectivity index (χ4v) is 2.77. The first-order valence-corrected chi connectivity index (χ1v) is 7.16. The first-order chi connectivity index (χ1) is 9.25. The molecular weight excluding hydrogens is 234 g/mol. The van der Waals surface area contributed by atoms with Gasteiger partial charge in [-0.3, -0.25) is 0 Å². The van der Waals surface area contributed by atoms with Crippen LogP contribution in [-0.2, 0) is 6.54 Å². The van der Waals surface area contributed by atoms with Crippen LogP contribution in [0.15, 0.2) is 36.4 Å².